The van der Waals surface area contributed by atoms with Gasteiger partial charge in [0.15, 0.2) is 0 Å². The van der Waals surface area contributed by atoms with Gasteiger partial charge in [-0.2, -0.15) is 0 Å². The van der Waals surface area contributed by atoms with Crippen molar-refractivity contribution in [1.29, 1.82) is 0 Å². The van der Waals surface area contributed by atoms with Gasteiger partial charge in [-0.1, -0.05) is 37.3 Å². The molecule has 0 unspecified atom stereocenters. The highest BCUT2D eigenvalue weighted by molar-refractivity contribution is 6.36. The summed E-state index contributed by atoms with van der Waals surface area (Å²) in [7, 11) is 3.11. The molecule has 1 heterocycles. The smallest absolute Gasteiger partial charge is 0.278 e. The van der Waals surface area contributed by atoms with Crippen molar-refractivity contribution < 1.29 is 19.1 Å². The Morgan fingerprint density at radius 3 is 2.11 bits per heavy atom. The zero-order chi connectivity index (χ0) is 19.4. The van der Waals surface area contributed by atoms with Gasteiger partial charge in [-0.05, 0) is 12.0 Å². The van der Waals surface area contributed by atoms with Crippen LogP contribution in [0.5, 0.6) is 11.5 Å². The molecule has 2 aromatic rings. The van der Waals surface area contributed by atoms with Crippen LogP contribution < -0.4 is 14.8 Å². The molecule has 0 saturated carbocycles. The normalized spacial score (nSPS) is 14.0. The lowest BCUT2D eigenvalue weighted by Gasteiger charge is -2.14. The van der Waals surface area contributed by atoms with Crippen molar-refractivity contribution in [2.75, 3.05) is 26.1 Å². The third-order valence-corrected chi connectivity index (χ3v) is 4.30. The maximum absolute atomic E-state index is 12.9. The second kappa shape index (κ2) is 7.95. The van der Waals surface area contributed by atoms with E-state index in [2.05, 4.69) is 5.32 Å². The third-order valence-electron chi connectivity index (χ3n) is 4.30. The lowest BCUT2D eigenvalue weighted by atomic mass is 10.0. The highest BCUT2D eigenvalue weighted by Gasteiger charge is 2.38. The summed E-state index contributed by atoms with van der Waals surface area (Å²) in [6, 6.07) is 14.4. The summed E-state index contributed by atoms with van der Waals surface area (Å²) in [5, 5.41) is 3.12. The van der Waals surface area contributed by atoms with Crippen molar-refractivity contribution in [2.24, 2.45) is 0 Å². The van der Waals surface area contributed by atoms with Crippen molar-refractivity contribution in [3.8, 4) is 11.5 Å². The summed E-state index contributed by atoms with van der Waals surface area (Å²) in [5.41, 5.74) is 1.94. The van der Waals surface area contributed by atoms with Crippen LogP contribution in [0.15, 0.2) is 54.2 Å². The first-order valence-electron chi connectivity index (χ1n) is 8.75. The lowest BCUT2D eigenvalue weighted by Crippen LogP contribution is -2.33. The molecule has 27 heavy (non-hydrogen) atoms. The summed E-state index contributed by atoms with van der Waals surface area (Å²) in [6.45, 7) is 2.31. The molecule has 0 aromatic heterocycles. The third kappa shape index (κ3) is 3.65. The predicted octanol–water partition coefficient (Wildman–Crippen LogP) is 3.31. The fraction of sp³-hybridized carbons (Fsp3) is 0.238. The van der Waals surface area contributed by atoms with E-state index in [1.807, 2.05) is 37.3 Å². The molecule has 1 N–H and O–H groups in total. The molecule has 140 valence electrons. The molecule has 0 aliphatic carbocycles. The van der Waals surface area contributed by atoms with Crippen LogP contribution in [-0.2, 0) is 9.59 Å². The van der Waals surface area contributed by atoms with Crippen molar-refractivity contribution >= 4 is 23.1 Å². The van der Waals surface area contributed by atoms with Crippen molar-refractivity contribution in [2.45, 2.75) is 13.3 Å². The Hall–Kier alpha value is -3.28. The molecule has 2 aromatic carbocycles. The SMILES string of the molecule is CCCN1C(=O)C(Nc2cc(OC)cc(OC)c2)=C(c2ccccc2)C1=O. The Bertz CT molecular complexity index is 868. The number of amides is 2. The maximum Gasteiger partial charge on any atom is 0.278 e. The number of nitrogens with zero attached hydrogens (tertiary/aromatic N) is 1. The first-order valence-corrected chi connectivity index (χ1v) is 8.75. The van der Waals surface area contributed by atoms with Gasteiger partial charge < -0.3 is 14.8 Å². The monoisotopic (exact) mass is 366 g/mol. The van der Waals surface area contributed by atoms with Gasteiger partial charge in [0.05, 0.1) is 19.8 Å². The van der Waals surface area contributed by atoms with E-state index in [0.29, 0.717) is 41.3 Å². The van der Waals surface area contributed by atoms with Gasteiger partial charge in [0.2, 0.25) is 0 Å². The van der Waals surface area contributed by atoms with Crippen molar-refractivity contribution in [1.82, 2.24) is 4.90 Å². The van der Waals surface area contributed by atoms with Gasteiger partial charge >= 0.3 is 0 Å². The molecule has 1 aliphatic rings. The van der Waals surface area contributed by atoms with E-state index in [0.717, 1.165) is 0 Å². The quantitative estimate of drug-likeness (QED) is 0.762. The molecular formula is C21H22N2O4. The van der Waals surface area contributed by atoms with Gasteiger partial charge in [0.1, 0.15) is 17.2 Å². The fourth-order valence-corrected chi connectivity index (χ4v) is 3.02. The largest absolute Gasteiger partial charge is 0.497 e. The van der Waals surface area contributed by atoms with E-state index in [1.165, 1.54) is 4.90 Å². The minimum Gasteiger partial charge on any atom is -0.497 e. The molecule has 0 saturated heterocycles. The number of benzene rings is 2. The number of hydrogen-bond acceptors (Lipinski definition) is 5. The van der Waals surface area contributed by atoms with Gasteiger partial charge in [-0.15, -0.1) is 0 Å². The van der Waals surface area contributed by atoms with Crippen LogP contribution >= 0.6 is 0 Å². The Kier molecular flexibility index (Phi) is 5.45. The van der Waals surface area contributed by atoms with Crippen LogP contribution in [0.2, 0.25) is 0 Å². The summed E-state index contributed by atoms with van der Waals surface area (Å²) < 4.78 is 10.6. The highest BCUT2D eigenvalue weighted by Crippen LogP contribution is 2.33. The zero-order valence-electron chi connectivity index (χ0n) is 15.6. The molecule has 0 spiro atoms. The minimum absolute atomic E-state index is 0.259. The van der Waals surface area contributed by atoms with Gasteiger partial charge in [-0.25, -0.2) is 0 Å². The van der Waals surface area contributed by atoms with Gasteiger partial charge in [0.25, 0.3) is 11.8 Å². The number of hydrogen-bond donors (Lipinski definition) is 1. The number of nitrogens with one attached hydrogen (secondary N) is 1. The molecule has 1 aliphatic heterocycles. The van der Waals surface area contributed by atoms with Crippen molar-refractivity contribution in [3.63, 3.8) is 0 Å². The van der Waals surface area contributed by atoms with Crippen LogP contribution in [-0.4, -0.2) is 37.5 Å². The molecule has 0 fully saturated rings. The van der Waals surface area contributed by atoms with Crippen LogP contribution in [0, 0.1) is 0 Å². The Labute approximate surface area is 158 Å². The topological polar surface area (TPSA) is 67.9 Å². The average Bonchev–Trinajstić information content (AvgIpc) is 2.93. The predicted molar refractivity (Wildman–Crippen MR) is 104 cm³/mol. The number of ether oxygens (including phenoxy) is 2. The molecular weight excluding hydrogens is 344 g/mol. The van der Waals surface area contributed by atoms with E-state index < -0.39 is 0 Å². The zero-order valence-corrected chi connectivity index (χ0v) is 15.6. The number of imide groups is 1. The Morgan fingerprint density at radius 2 is 1.56 bits per heavy atom. The number of carbonyl (C=O) groups is 2. The van der Waals surface area contributed by atoms with E-state index in [1.54, 1.807) is 32.4 Å². The number of rotatable bonds is 7. The first-order chi connectivity index (χ1) is 13.1. The summed E-state index contributed by atoms with van der Waals surface area (Å²) in [5.74, 6) is 0.551. The summed E-state index contributed by atoms with van der Waals surface area (Å²) >= 11 is 0. The van der Waals surface area contributed by atoms with Crippen LogP contribution in [0.1, 0.15) is 18.9 Å². The van der Waals surface area contributed by atoms with Crippen molar-refractivity contribution in [3.05, 3.63) is 59.8 Å². The first kappa shape index (κ1) is 18.5. The van der Waals surface area contributed by atoms with Crippen LogP contribution in [0.25, 0.3) is 5.57 Å². The minimum atomic E-state index is -0.331. The highest BCUT2D eigenvalue weighted by atomic mass is 16.5. The Morgan fingerprint density at radius 1 is 0.926 bits per heavy atom. The van der Waals surface area contributed by atoms with E-state index in [-0.39, 0.29) is 17.5 Å². The van der Waals surface area contributed by atoms with Crippen LogP contribution in [0.4, 0.5) is 5.69 Å². The van der Waals surface area contributed by atoms with Crippen LogP contribution in [0.3, 0.4) is 0 Å². The summed E-state index contributed by atoms with van der Waals surface area (Å²) in [6.07, 6.45) is 0.694. The second-order valence-corrected chi connectivity index (χ2v) is 6.10. The summed E-state index contributed by atoms with van der Waals surface area (Å²) in [4.78, 5) is 27.1. The Balaban J connectivity index is 2.07. The molecule has 2 amide bonds. The number of anilines is 1. The average molecular weight is 366 g/mol. The van der Waals surface area contributed by atoms with E-state index >= 15 is 0 Å². The molecule has 6 nitrogen and oxygen atoms in total. The molecule has 0 bridgehead atoms. The van der Waals surface area contributed by atoms with E-state index in [9.17, 15) is 9.59 Å². The number of carbonyl (C=O) groups excluding carboxylic acids is 2. The fourth-order valence-electron chi connectivity index (χ4n) is 3.02. The molecule has 0 atom stereocenters. The molecule has 0 radical (unpaired) electrons. The number of methoxy groups -OCH3 is 2. The van der Waals surface area contributed by atoms with E-state index in [4.69, 9.17) is 9.47 Å². The molecule has 6 heteroatoms. The van der Waals surface area contributed by atoms with Gasteiger partial charge in [0, 0.05) is 30.4 Å². The maximum atomic E-state index is 12.9. The lowest BCUT2D eigenvalue weighted by molar-refractivity contribution is -0.136. The standard InChI is InChI=1S/C21H22N2O4/c1-4-10-23-20(24)18(14-8-6-5-7-9-14)19(21(23)25)22-15-11-16(26-2)13-17(12-15)27-3/h5-9,11-13,22H,4,10H2,1-3H3. The second-order valence-electron chi connectivity index (χ2n) is 6.10. The molecule has 3 rings (SSSR count). The van der Waals surface area contributed by atoms with Gasteiger partial charge in [-0.3, -0.25) is 14.5 Å².